The highest BCUT2D eigenvalue weighted by Gasteiger charge is 2.43. The molecule has 1 aliphatic carbocycles. The van der Waals surface area contributed by atoms with E-state index in [9.17, 15) is 9.18 Å². The number of hydrogen-bond acceptors (Lipinski definition) is 5. The van der Waals surface area contributed by atoms with Gasteiger partial charge in [0.2, 0.25) is 5.91 Å². The molecule has 1 aromatic carbocycles. The SMILES string of the molecule is CCOC(C)c1c(F)c(C)c(-c2cn3cc(NC(=O)[C@@H]4C[C@@H]4F)nc3cn2)c2cn[nH]c12. The highest BCUT2D eigenvalue weighted by molar-refractivity contribution is 5.97. The fourth-order valence-corrected chi connectivity index (χ4v) is 4.09. The summed E-state index contributed by atoms with van der Waals surface area (Å²) in [6.45, 7) is 5.83. The lowest BCUT2D eigenvalue weighted by Crippen LogP contribution is -2.15. The third kappa shape index (κ3) is 3.31. The smallest absolute Gasteiger partial charge is 0.231 e. The van der Waals surface area contributed by atoms with Crippen LogP contribution >= 0.6 is 0 Å². The Hall–Kier alpha value is -3.40. The Bertz CT molecular complexity index is 1350. The lowest BCUT2D eigenvalue weighted by atomic mass is 9.95. The van der Waals surface area contributed by atoms with Crippen molar-refractivity contribution < 1.29 is 18.3 Å². The highest BCUT2D eigenvalue weighted by atomic mass is 19.1. The Morgan fingerprint density at radius 2 is 2.19 bits per heavy atom. The fraction of sp³-hybridized carbons (Fsp3) is 0.364. The van der Waals surface area contributed by atoms with Crippen molar-refractivity contribution >= 4 is 28.3 Å². The Balaban J connectivity index is 1.57. The van der Waals surface area contributed by atoms with Crippen molar-refractivity contribution in [2.24, 2.45) is 5.92 Å². The van der Waals surface area contributed by atoms with Gasteiger partial charge in [0.05, 0.1) is 41.8 Å². The monoisotopic (exact) mass is 440 g/mol. The Morgan fingerprint density at radius 3 is 2.91 bits per heavy atom. The van der Waals surface area contributed by atoms with Crippen LogP contribution in [0.3, 0.4) is 0 Å². The van der Waals surface area contributed by atoms with Gasteiger partial charge in [0, 0.05) is 29.3 Å². The summed E-state index contributed by atoms with van der Waals surface area (Å²) in [7, 11) is 0. The molecule has 3 atom stereocenters. The zero-order chi connectivity index (χ0) is 22.6. The molecule has 10 heteroatoms. The van der Waals surface area contributed by atoms with Crippen LogP contribution in [0, 0.1) is 18.7 Å². The zero-order valence-corrected chi connectivity index (χ0v) is 17.8. The maximum Gasteiger partial charge on any atom is 0.231 e. The summed E-state index contributed by atoms with van der Waals surface area (Å²) in [5.41, 5.74) is 3.06. The minimum Gasteiger partial charge on any atom is -0.374 e. The molecular weight excluding hydrogens is 418 g/mol. The molecule has 1 amide bonds. The predicted molar refractivity (Wildman–Crippen MR) is 114 cm³/mol. The van der Waals surface area contributed by atoms with Gasteiger partial charge in [-0.15, -0.1) is 0 Å². The summed E-state index contributed by atoms with van der Waals surface area (Å²) in [6.07, 6.45) is 5.25. The molecule has 32 heavy (non-hydrogen) atoms. The van der Waals surface area contributed by atoms with Crippen LogP contribution in [-0.4, -0.2) is 43.3 Å². The standard InChI is InChI=1S/C22H22F2N6O2/c1-4-32-11(3)19-20(24)10(2)18(13-6-26-29-21(13)19)15-8-30-9-16(27-17(30)7-25-15)28-22(31)12-5-14(12)23/h6-9,11-12,14H,4-5H2,1-3H3,(H,26,29)(H,28,31)/t11?,12-,14+/m1/s1. The average molecular weight is 440 g/mol. The minimum atomic E-state index is -1.08. The normalized spacial score (nSPS) is 18.9. The lowest BCUT2D eigenvalue weighted by molar-refractivity contribution is -0.117. The van der Waals surface area contributed by atoms with E-state index in [4.69, 9.17) is 4.74 Å². The van der Waals surface area contributed by atoms with Gasteiger partial charge in [-0.05, 0) is 32.8 Å². The quantitative estimate of drug-likeness (QED) is 0.470. The number of fused-ring (bicyclic) bond motifs is 2. The van der Waals surface area contributed by atoms with Crippen LogP contribution in [0.15, 0.2) is 24.8 Å². The Labute approximate surface area is 182 Å². The number of aromatic nitrogens is 5. The number of hydrogen-bond donors (Lipinski definition) is 2. The van der Waals surface area contributed by atoms with Crippen LogP contribution in [-0.2, 0) is 9.53 Å². The van der Waals surface area contributed by atoms with Crippen molar-refractivity contribution in [3.8, 4) is 11.3 Å². The van der Waals surface area contributed by atoms with Gasteiger partial charge < -0.3 is 14.5 Å². The van der Waals surface area contributed by atoms with E-state index in [1.165, 1.54) is 0 Å². The number of ether oxygens (including phenoxy) is 1. The molecule has 0 aliphatic heterocycles. The van der Waals surface area contributed by atoms with Crippen molar-refractivity contribution in [1.82, 2.24) is 24.6 Å². The number of imidazole rings is 1. The molecule has 3 aromatic heterocycles. The molecule has 4 aromatic rings. The summed E-state index contributed by atoms with van der Waals surface area (Å²) in [5.74, 6) is -1.05. The number of benzene rings is 1. The van der Waals surface area contributed by atoms with Gasteiger partial charge in [-0.25, -0.2) is 13.8 Å². The summed E-state index contributed by atoms with van der Waals surface area (Å²) < 4.78 is 35.9. The first-order valence-electron chi connectivity index (χ1n) is 10.5. The van der Waals surface area contributed by atoms with Crippen molar-refractivity contribution in [3.63, 3.8) is 0 Å². The number of amides is 1. The molecule has 1 aliphatic rings. The fourth-order valence-electron chi connectivity index (χ4n) is 4.09. The molecule has 0 bridgehead atoms. The van der Waals surface area contributed by atoms with Gasteiger partial charge in [0.25, 0.3) is 0 Å². The first-order chi connectivity index (χ1) is 15.4. The number of carbonyl (C=O) groups is 1. The average Bonchev–Trinajstić information content (AvgIpc) is 3.12. The Kier molecular flexibility index (Phi) is 4.89. The maximum atomic E-state index is 15.5. The number of nitrogens with one attached hydrogen (secondary N) is 2. The van der Waals surface area contributed by atoms with Gasteiger partial charge >= 0.3 is 0 Å². The number of anilines is 1. The number of nitrogens with zero attached hydrogens (tertiary/aromatic N) is 4. The summed E-state index contributed by atoms with van der Waals surface area (Å²) in [4.78, 5) is 20.8. The van der Waals surface area contributed by atoms with E-state index in [2.05, 4.69) is 25.5 Å². The van der Waals surface area contributed by atoms with Crippen molar-refractivity contribution in [1.29, 1.82) is 0 Å². The number of alkyl halides is 1. The van der Waals surface area contributed by atoms with Crippen LogP contribution in [0.25, 0.3) is 27.8 Å². The second-order valence-corrected chi connectivity index (χ2v) is 8.00. The van der Waals surface area contributed by atoms with E-state index in [1.807, 2.05) is 6.92 Å². The van der Waals surface area contributed by atoms with E-state index in [1.54, 1.807) is 43.0 Å². The number of H-pyrrole nitrogens is 1. The maximum absolute atomic E-state index is 15.5. The van der Waals surface area contributed by atoms with E-state index < -0.39 is 18.2 Å². The topological polar surface area (TPSA) is 97.2 Å². The first kappa shape index (κ1) is 20.5. The molecule has 5 rings (SSSR count). The molecule has 1 unspecified atom stereocenters. The molecule has 2 N–H and O–H groups in total. The van der Waals surface area contributed by atoms with Gasteiger partial charge in [-0.3, -0.25) is 14.9 Å². The molecular formula is C22H22F2N6O2. The van der Waals surface area contributed by atoms with Crippen LogP contribution in [0.1, 0.15) is 37.5 Å². The Morgan fingerprint density at radius 1 is 1.41 bits per heavy atom. The van der Waals surface area contributed by atoms with Crippen LogP contribution in [0.2, 0.25) is 0 Å². The summed E-state index contributed by atoms with van der Waals surface area (Å²) in [5, 5.41) is 10.4. The molecule has 0 saturated heterocycles. The van der Waals surface area contributed by atoms with Gasteiger partial charge in [0.15, 0.2) is 11.5 Å². The van der Waals surface area contributed by atoms with Crippen LogP contribution in [0.4, 0.5) is 14.6 Å². The van der Waals surface area contributed by atoms with E-state index >= 15 is 4.39 Å². The largest absolute Gasteiger partial charge is 0.374 e. The number of aromatic amines is 1. The van der Waals surface area contributed by atoms with Crippen molar-refractivity contribution in [2.45, 2.75) is 39.5 Å². The van der Waals surface area contributed by atoms with Crippen LogP contribution < -0.4 is 5.32 Å². The number of carbonyl (C=O) groups excluding carboxylic acids is 1. The molecule has 1 saturated carbocycles. The zero-order valence-electron chi connectivity index (χ0n) is 17.8. The first-order valence-corrected chi connectivity index (χ1v) is 10.5. The highest BCUT2D eigenvalue weighted by Crippen LogP contribution is 2.38. The summed E-state index contributed by atoms with van der Waals surface area (Å²) >= 11 is 0. The molecule has 0 spiro atoms. The minimum absolute atomic E-state index is 0.244. The van der Waals surface area contributed by atoms with Crippen molar-refractivity contribution in [3.05, 3.63) is 41.7 Å². The molecule has 166 valence electrons. The number of halogens is 2. The predicted octanol–water partition coefficient (Wildman–Crippen LogP) is 4.11. The van der Waals surface area contributed by atoms with E-state index in [0.29, 0.717) is 46.0 Å². The van der Waals surface area contributed by atoms with Gasteiger partial charge in [0.1, 0.15) is 12.0 Å². The molecule has 8 nitrogen and oxygen atoms in total. The lowest BCUT2D eigenvalue weighted by Gasteiger charge is -2.18. The van der Waals surface area contributed by atoms with Gasteiger partial charge in [-0.2, -0.15) is 5.10 Å². The van der Waals surface area contributed by atoms with Crippen molar-refractivity contribution in [2.75, 3.05) is 11.9 Å². The van der Waals surface area contributed by atoms with Gasteiger partial charge in [-0.1, -0.05) is 0 Å². The third-order valence-electron chi connectivity index (χ3n) is 5.84. The number of rotatable bonds is 6. The molecule has 3 heterocycles. The second kappa shape index (κ2) is 7.63. The third-order valence-corrected chi connectivity index (χ3v) is 5.84. The van der Waals surface area contributed by atoms with E-state index in [-0.39, 0.29) is 18.1 Å². The second-order valence-electron chi connectivity index (χ2n) is 8.00. The molecule has 0 radical (unpaired) electrons. The molecule has 1 fully saturated rings. The van der Waals surface area contributed by atoms with E-state index in [0.717, 1.165) is 5.39 Å². The summed E-state index contributed by atoms with van der Waals surface area (Å²) in [6, 6.07) is 0. The van der Waals surface area contributed by atoms with Crippen LogP contribution in [0.5, 0.6) is 0 Å².